The Morgan fingerprint density at radius 1 is 0.630 bits per heavy atom. The number of rotatable bonds is 5. The van der Waals surface area contributed by atoms with E-state index in [1.54, 1.807) is 26.2 Å². The van der Waals surface area contributed by atoms with Gasteiger partial charge < -0.3 is 46.8 Å². The molecular formula is C38H45N9O7. The number of benzene rings is 2. The van der Waals surface area contributed by atoms with E-state index < -0.39 is 85.2 Å². The third kappa shape index (κ3) is 8.70. The molecule has 4 aromatic rings. The fraction of sp³-hybridized carbons (Fsp3) is 0.395. The summed E-state index contributed by atoms with van der Waals surface area (Å²) in [6.45, 7) is 2.23. The molecule has 2 aliphatic rings. The third-order valence-electron chi connectivity index (χ3n) is 9.86. The average Bonchev–Trinajstić information content (AvgIpc) is 3.92. The van der Waals surface area contributed by atoms with Gasteiger partial charge in [0.2, 0.25) is 41.4 Å². The lowest BCUT2D eigenvalue weighted by Crippen LogP contribution is -2.56. The lowest BCUT2D eigenvalue weighted by Gasteiger charge is -2.29. The number of nitrogens with one attached hydrogen (secondary N) is 8. The first-order valence-corrected chi connectivity index (χ1v) is 18.1. The van der Waals surface area contributed by atoms with Crippen molar-refractivity contribution in [3.05, 3.63) is 72.1 Å². The molecule has 4 heterocycles. The molecular weight excluding hydrogens is 694 g/mol. The first-order valence-electron chi connectivity index (χ1n) is 18.1. The standard InChI is InChI=1S/C38H45N9O7/c1-21(2)34-37(53)43-19-31(48)44-28(14-22-16-39-26-10-5-3-8-24(22)26)35(51)41-18-32(49)45-29(15-23-17-40-27-11-6-4-9-25(23)27)38(54)47-13-7-12-30(47)36(52)42-20-33(50)46-34/h3-6,8-11,16-17,21,28-30,34,39-40H,7,12-15,18-20H2,1-2H3,(H,41,51)(H,42,52)(H,43,53)(H,44,48)(H,45,49)(H,46,50)/t28-,29-,30-,34-/m0/s1. The minimum atomic E-state index is -1.15. The Kier molecular flexibility index (Phi) is 11.6. The fourth-order valence-corrected chi connectivity index (χ4v) is 7.06. The first-order chi connectivity index (χ1) is 26.0. The number of hydrogen-bond acceptors (Lipinski definition) is 7. The largest absolute Gasteiger partial charge is 0.361 e. The molecule has 0 spiro atoms. The molecule has 8 N–H and O–H groups in total. The van der Waals surface area contributed by atoms with Gasteiger partial charge in [0.05, 0.1) is 19.6 Å². The van der Waals surface area contributed by atoms with Gasteiger partial charge in [-0.3, -0.25) is 33.6 Å². The van der Waals surface area contributed by atoms with E-state index in [9.17, 15) is 33.6 Å². The van der Waals surface area contributed by atoms with Crippen molar-refractivity contribution in [2.24, 2.45) is 5.92 Å². The van der Waals surface area contributed by atoms with Crippen LogP contribution < -0.4 is 31.9 Å². The molecule has 2 aromatic heterocycles. The van der Waals surface area contributed by atoms with Crippen LogP contribution in [0.3, 0.4) is 0 Å². The van der Waals surface area contributed by atoms with E-state index in [-0.39, 0.29) is 25.3 Å². The molecule has 54 heavy (non-hydrogen) atoms. The summed E-state index contributed by atoms with van der Waals surface area (Å²) in [5, 5.41) is 17.5. The zero-order valence-electron chi connectivity index (χ0n) is 30.1. The van der Waals surface area contributed by atoms with E-state index in [1.807, 2.05) is 48.5 Å². The van der Waals surface area contributed by atoms with Crippen molar-refractivity contribution in [3.63, 3.8) is 0 Å². The van der Waals surface area contributed by atoms with E-state index in [0.29, 0.717) is 12.8 Å². The second kappa shape index (κ2) is 16.7. The molecule has 0 radical (unpaired) electrons. The van der Waals surface area contributed by atoms with E-state index in [4.69, 9.17) is 0 Å². The molecule has 0 unspecified atom stereocenters. The number of para-hydroxylation sites is 2. The highest BCUT2D eigenvalue weighted by atomic mass is 16.2. The van der Waals surface area contributed by atoms with Crippen LogP contribution in [0.25, 0.3) is 21.8 Å². The Morgan fingerprint density at radius 3 is 1.72 bits per heavy atom. The number of hydrogen-bond donors (Lipinski definition) is 8. The summed E-state index contributed by atoms with van der Waals surface area (Å²) >= 11 is 0. The van der Waals surface area contributed by atoms with Crippen molar-refractivity contribution in [1.82, 2.24) is 46.8 Å². The minimum absolute atomic E-state index is 0.0564. The number of amides is 7. The highest BCUT2D eigenvalue weighted by Gasteiger charge is 2.38. The molecule has 7 amide bonds. The second-order valence-corrected chi connectivity index (χ2v) is 14.0. The van der Waals surface area contributed by atoms with Crippen molar-refractivity contribution in [2.45, 2.75) is 63.7 Å². The average molecular weight is 740 g/mol. The van der Waals surface area contributed by atoms with Crippen LogP contribution in [0.4, 0.5) is 0 Å². The van der Waals surface area contributed by atoms with Gasteiger partial charge in [-0.05, 0) is 42.0 Å². The van der Waals surface area contributed by atoms with Gasteiger partial charge in [-0.1, -0.05) is 50.2 Å². The normalized spacial score (nSPS) is 22.9. The van der Waals surface area contributed by atoms with Crippen LogP contribution in [0.15, 0.2) is 60.9 Å². The van der Waals surface area contributed by atoms with Crippen LogP contribution >= 0.6 is 0 Å². The monoisotopic (exact) mass is 739 g/mol. The van der Waals surface area contributed by atoms with Crippen molar-refractivity contribution in [3.8, 4) is 0 Å². The predicted molar refractivity (Wildman–Crippen MR) is 198 cm³/mol. The van der Waals surface area contributed by atoms with E-state index in [1.165, 1.54) is 4.90 Å². The number of H-pyrrole nitrogens is 2. The van der Waals surface area contributed by atoms with Gasteiger partial charge in [-0.25, -0.2) is 0 Å². The SMILES string of the molecule is CC(C)[C@@H]1NC(=O)CNC(=O)[C@@H]2CCCN2C(=O)[C@H](Cc2c[nH]c3ccccc23)NC(=O)CNC(=O)[C@H](Cc2c[nH]c3ccccc23)NC(=O)CNC1=O. The van der Waals surface area contributed by atoms with Gasteiger partial charge in [0, 0.05) is 53.6 Å². The maximum Gasteiger partial charge on any atom is 0.246 e. The number of fused-ring (bicyclic) bond motifs is 3. The molecule has 0 bridgehead atoms. The Bertz CT molecular complexity index is 2070. The van der Waals surface area contributed by atoms with Crippen LogP contribution in [-0.4, -0.2) is 107 Å². The highest BCUT2D eigenvalue weighted by Crippen LogP contribution is 2.23. The Hall–Kier alpha value is -6.19. The Balaban J connectivity index is 1.28. The third-order valence-corrected chi connectivity index (χ3v) is 9.86. The summed E-state index contributed by atoms with van der Waals surface area (Å²) in [4.78, 5) is 102. The van der Waals surface area contributed by atoms with Gasteiger partial charge in [0.25, 0.3) is 0 Å². The molecule has 16 nitrogen and oxygen atoms in total. The molecule has 4 atom stereocenters. The number of carbonyl (C=O) groups excluding carboxylic acids is 7. The maximum absolute atomic E-state index is 14.2. The lowest BCUT2D eigenvalue weighted by atomic mass is 10.0. The number of nitrogens with zero attached hydrogens (tertiary/aromatic N) is 1. The van der Waals surface area contributed by atoms with Crippen molar-refractivity contribution >= 4 is 63.2 Å². The molecule has 2 aromatic carbocycles. The van der Waals surface area contributed by atoms with Crippen molar-refractivity contribution < 1.29 is 33.6 Å². The van der Waals surface area contributed by atoms with Crippen LogP contribution in [-0.2, 0) is 46.4 Å². The zero-order chi connectivity index (χ0) is 38.4. The Labute approximate surface area is 310 Å². The highest BCUT2D eigenvalue weighted by molar-refractivity contribution is 5.97. The summed E-state index contributed by atoms with van der Waals surface area (Å²) in [6, 6.07) is 10.8. The van der Waals surface area contributed by atoms with Gasteiger partial charge in [0.1, 0.15) is 24.2 Å². The lowest BCUT2D eigenvalue weighted by molar-refractivity contribution is -0.141. The first kappa shape index (κ1) is 37.6. The van der Waals surface area contributed by atoms with E-state index in [2.05, 4.69) is 41.9 Å². The molecule has 0 saturated carbocycles. The van der Waals surface area contributed by atoms with Crippen LogP contribution in [0.2, 0.25) is 0 Å². The summed E-state index contributed by atoms with van der Waals surface area (Å²) in [7, 11) is 0. The zero-order valence-corrected chi connectivity index (χ0v) is 30.1. The molecule has 2 aliphatic heterocycles. The smallest absolute Gasteiger partial charge is 0.246 e. The van der Waals surface area contributed by atoms with E-state index in [0.717, 1.165) is 32.9 Å². The van der Waals surface area contributed by atoms with Crippen molar-refractivity contribution in [1.29, 1.82) is 0 Å². The summed E-state index contributed by atoms with van der Waals surface area (Å²) in [5.74, 6) is -4.68. The van der Waals surface area contributed by atoms with Gasteiger partial charge in [-0.15, -0.1) is 0 Å². The minimum Gasteiger partial charge on any atom is -0.361 e. The number of aromatic amines is 2. The molecule has 6 rings (SSSR count). The summed E-state index contributed by atoms with van der Waals surface area (Å²) in [6.07, 6.45) is 4.52. The number of carbonyl (C=O) groups is 7. The molecule has 284 valence electrons. The summed E-state index contributed by atoms with van der Waals surface area (Å²) < 4.78 is 0. The van der Waals surface area contributed by atoms with E-state index >= 15 is 0 Å². The van der Waals surface area contributed by atoms with Gasteiger partial charge in [0.15, 0.2) is 0 Å². The fourth-order valence-electron chi connectivity index (χ4n) is 7.06. The van der Waals surface area contributed by atoms with Crippen molar-refractivity contribution in [2.75, 3.05) is 26.2 Å². The van der Waals surface area contributed by atoms with Gasteiger partial charge in [-0.2, -0.15) is 0 Å². The summed E-state index contributed by atoms with van der Waals surface area (Å²) in [5.41, 5.74) is 3.18. The molecule has 0 aliphatic carbocycles. The predicted octanol–water partition coefficient (Wildman–Crippen LogP) is -0.102. The number of aromatic nitrogens is 2. The maximum atomic E-state index is 14.2. The molecule has 2 fully saturated rings. The van der Waals surface area contributed by atoms with Crippen LogP contribution in [0.5, 0.6) is 0 Å². The molecule has 16 heteroatoms. The quantitative estimate of drug-likeness (QED) is 0.139. The van der Waals surface area contributed by atoms with Gasteiger partial charge >= 0.3 is 0 Å². The second-order valence-electron chi connectivity index (χ2n) is 14.0. The topological polar surface area (TPSA) is 226 Å². The molecule has 2 saturated heterocycles. The van der Waals surface area contributed by atoms with Crippen LogP contribution in [0, 0.1) is 5.92 Å². The Morgan fingerprint density at radius 2 is 1.13 bits per heavy atom. The van der Waals surface area contributed by atoms with Crippen LogP contribution in [0.1, 0.15) is 37.8 Å².